The minimum absolute atomic E-state index is 0.313. The summed E-state index contributed by atoms with van der Waals surface area (Å²) in [5.74, 6) is -0.105. The van der Waals surface area contributed by atoms with E-state index in [9.17, 15) is 4.79 Å². The first-order chi connectivity index (χ1) is 8.66. The van der Waals surface area contributed by atoms with Gasteiger partial charge in [0.2, 0.25) is 0 Å². The van der Waals surface area contributed by atoms with Crippen LogP contribution in [0, 0.1) is 6.92 Å². The molecule has 0 unspecified atom stereocenters. The lowest BCUT2D eigenvalue weighted by atomic mass is 10.2. The molecule has 2 rings (SSSR count). The highest BCUT2D eigenvalue weighted by molar-refractivity contribution is 7.98. The van der Waals surface area contributed by atoms with Crippen LogP contribution in [0.4, 0.5) is 0 Å². The number of carboxylic acids is 1. The monoisotopic (exact) mass is 259 g/mol. The van der Waals surface area contributed by atoms with Gasteiger partial charge in [0.25, 0.3) is 0 Å². The molecule has 0 fully saturated rings. The molecule has 0 aliphatic heterocycles. The van der Waals surface area contributed by atoms with Crippen molar-refractivity contribution in [1.29, 1.82) is 0 Å². The van der Waals surface area contributed by atoms with E-state index in [4.69, 9.17) is 5.11 Å². The Morgan fingerprint density at radius 3 is 2.61 bits per heavy atom. The number of aromatic carboxylic acids is 1. The average Bonchev–Trinajstić information content (AvgIpc) is 2.38. The molecular weight excluding hydrogens is 246 g/mol. The quantitative estimate of drug-likeness (QED) is 0.855. The highest BCUT2D eigenvalue weighted by atomic mass is 32.2. The Hall–Kier alpha value is -1.81. The van der Waals surface area contributed by atoms with Gasteiger partial charge in [-0.2, -0.15) is 0 Å². The minimum atomic E-state index is -0.896. The van der Waals surface area contributed by atoms with Crippen LogP contribution in [-0.2, 0) is 5.75 Å². The number of thioether (sulfide) groups is 1. The molecule has 0 bridgehead atoms. The fraction of sp³-hybridized carbons (Fsp3) is 0.143. The second kappa shape index (κ2) is 5.69. The largest absolute Gasteiger partial charge is 0.478 e. The maximum Gasteiger partial charge on any atom is 0.335 e. The Bertz CT molecular complexity index is 552. The number of aromatic nitrogens is 1. The summed E-state index contributed by atoms with van der Waals surface area (Å²) in [5.41, 5.74) is 2.55. The van der Waals surface area contributed by atoms with Crippen molar-refractivity contribution in [2.45, 2.75) is 17.6 Å². The van der Waals surface area contributed by atoms with Crippen molar-refractivity contribution in [3.63, 3.8) is 0 Å². The van der Waals surface area contributed by atoms with Crippen LogP contribution < -0.4 is 0 Å². The van der Waals surface area contributed by atoms with E-state index in [-0.39, 0.29) is 0 Å². The first kappa shape index (κ1) is 12.6. The zero-order valence-corrected chi connectivity index (χ0v) is 10.8. The van der Waals surface area contributed by atoms with Crippen LogP contribution in [-0.4, -0.2) is 16.1 Å². The smallest absolute Gasteiger partial charge is 0.335 e. The van der Waals surface area contributed by atoms with Crippen LogP contribution >= 0.6 is 11.8 Å². The molecule has 0 atom stereocenters. The summed E-state index contributed by atoms with van der Waals surface area (Å²) in [6.45, 7) is 2.04. The Kier molecular flexibility index (Phi) is 3.99. The van der Waals surface area contributed by atoms with E-state index in [0.29, 0.717) is 5.56 Å². The average molecular weight is 259 g/mol. The normalized spacial score (nSPS) is 10.3. The van der Waals surface area contributed by atoms with Crippen LogP contribution in [0.3, 0.4) is 0 Å². The third kappa shape index (κ3) is 3.11. The summed E-state index contributed by atoms with van der Waals surface area (Å²) in [6.07, 6.45) is 1.79. The molecule has 0 aliphatic rings. The van der Waals surface area contributed by atoms with Crippen LogP contribution in [0.5, 0.6) is 0 Å². The van der Waals surface area contributed by atoms with Gasteiger partial charge in [0.15, 0.2) is 0 Å². The highest BCUT2D eigenvalue weighted by Crippen LogP contribution is 2.23. The topological polar surface area (TPSA) is 50.2 Å². The van der Waals surface area contributed by atoms with Gasteiger partial charge in [-0.15, -0.1) is 11.8 Å². The summed E-state index contributed by atoms with van der Waals surface area (Å²) < 4.78 is 0. The molecule has 2 aromatic rings. The van der Waals surface area contributed by atoms with Crippen molar-refractivity contribution < 1.29 is 9.90 Å². The maximum atomic E-state index is 10.7. The molecule has 0 saturated carbocycles. The van der Waals surface area contributed by atoms with E-state index >= 15 is 0 Å². The van der Waals surface area contributed by atoms with Gasteiger partial charge >= 0.3 is 5.97 Å². The zero-order valence-electron chi connectivity index (χ0n) is 9.96. The van der Waals surface area contributed by atoms with Gasteiger partial charge in [0, 0.05) is 16.8 Å². The van der Waals surface area contributed by atoms with Crippen molar-refractivity contribution in [2.75, 3.05) is 0 Å². The molecule has 0 spiro atoms. The van der Waals surface area contributed by atoms with E-state index < -0.39 is 5.97 Å². The Labute approximate surface area is 110 Å². The molecule has 0 aliphatic carbocycles. The molecule has 92 valence electrons. The molecule has 0 radical (unpaired) electrons. The van der Waals surface area contributed by atoms with E-state index in [1.54, 1.807) is 30.1 Å². The number of hydrogen-bond donors (Lipinski definition) is 1. The van der Waals surface area contributed by atoms with Crippen LogP contribution in [0.15, 0.2) is 47.5 Å². The molecule has 3 nitrogen and oxygen atoms in total. The Morgan fingerprint density at radius 2 is 2.00 bits per heavy atom. The predicted octanol–water partition coefficient (Wildman–Crippen LogP) is 3.38. The number of rotatable bonds is 4. The van der Waals surface area contributed by atoms with E-state index in [1.807, 2.05) is 31.2 Å². The van der Waals surface area contributed by atoms with Gasteiger partial charge in [-0.1, -0.05) is 6.07 Å². The lowest BCUT2D eigenvalue weighted by Crippen LogP contribution is -1.95. The third-order valence-corrected chi connectivity index (χ3v) is 3.62. The first-order valence-electron chi connectivity index (χ1n) is 5.53. The van der Waals surface area contributed by atoms with E-state index in [2.05, 4.69) is 4.98 Å². The number of aryl methyl sites for hydroxylation is 1. The van der Waals surface area contributed by atoms with Crippen molar-refractivity contribution >= 4 is 17.7 Å². The molecule has 1 heterocycles. The molecular formula is C14H13NO2S. The van der Waals surface area contributed by atoms with Gasteiger partial charge in [-0.05, 0) is 42.8 Å². The maximum absolute atomic E-state index is 10.7. The van der Waals surface area contributed by atoms with Gasteiger partial charge in [0.1, 0.15) is 0 Å². The SMILES string of the molecule is Cc1cccnc1CSc1ccc(C(=O)O)cc1. The van der Waals surface area contributed by atoms with Gasteiger partial charge < -0.3 is 5.11 Å². The number of carboxylic acid groups (broad SMARTS) is 1. The standard InChI is InChI=1S/C14H13NO2S/c1-10-3-2-8-15-13(10)9-18-12-6-4-11(5-7-12)14(16)17/h2-8H,9H2,1H3,(H,16,17). The summed E-state index contributed by atoms with van der Waals surface area (Å²) in [7, 11) is 0. The lowest BCUT2D eigenvalue weighted by Gasteiger charge is -2.04. The zero-order chi connectivity index (χ0) is 13.0. The molecule has 1 aromatic carbocycles. The van der Waals surface area contributed by atoms with Crippen molar-refractivity contribution in [2.24, 2.45) is 0 Å². The number of benzene rings is 1. The second-order valence-corrected chi connectivity index (χ2v) is 4.93. The summed E-state index contributed by atoms with van der Waals surface area (Å²) >= 11 is 1.65. The van der Waals surface area contributed by atoms with Gasteiger partial charge in [-0.25, -0.2) is 4.79 Å². The minimum Gasteiger partial charge on any atom is -0.478 e. The van der Waals surface area contributed by atoms with E-state index in [0.717, 1.165) is 16.3 Å². The third-order valence-electron chi connectivity index (χ3n) is 2.59. The van der Waals surface area contributed by atoms with E-state index in [1.165, 1.54) is 5.56 Å². The Morgan fingerprint density at radius 1 is 1.28 bits per heavy atom. The van der Waals surface area contributed by atoms with Crippen molar-refractivity contribution in [3.8, 4) is 0 Å². The van der Waals surface area contributed by atoms with Crippen LogP contribution in [0.2, 0.25) is 0 Å². The lowest BCUT2D eigenvalue weighted by molar-refractivity contribution is 0.0697. The number of nitrogens with zero attached hydrogens (tertiary/aromatic N) is 1. The van der Waals surface area contributed by atoms with Crippen molar-refractivity contribution in [3.05, 3.63) is 59.4 Å². The predicted molar refractivity (Wildman–Crippen MR) is 71.9 cm³/mol. The molecule has 0 amide bonds. The van der Waals surface area contributed by atoms with Gasteiger partial charge in [-0.3, -0.25) is 4.98 Å². The Balaban J connectivity index is 2.02. The van der Waals surface area contributed by atoms with Crippen LogP contribution in [0.25, 0.3) is 0 Å². The molecule has 0 saturated heterocycles. The van der Waals surface area contributed by atoms with Crippen LogP contribution in [0.1, 0.15) is 21.6 Å². The summed E-state index contributed by atoms with van der Waals surface area (Å²) in [4.78, 5) is 16.1. The number of carbonyl (C=O) groups is 1. The molecule has 4 heteroatoms. The fourth-order valence-corrected chi connectivity index (χ4v) is 2.45. The van der Waals surface area contributed by atoms with Gasteiger partial charge in [0.05, 0.1) is 11.3 Å². The fourth-order valence-electron chi connectivity index (χ4n) is 1.51. The van der Waals surface area contributed by atoms with Crippen molar-refractivity contribution in [1.82, 2.24) is 4.98 Å². The summed E-state index contributed by atoms with van der Waals surface area (Å²) in [6, 6.07) is 10.9. The molecule has 1 aromatic heterocycles. The summed E-state index contributed by atoms with van der Waals surface area (Å²) in [5, 5.41) is 8.80. The number of hydrogen-bond acceptors (Lipinski definition) is 3. The second-order valence-electron chi connectivity index (χ2n) is 3.89. The molecule has 1 N–H and O–H groups in total. The highest BCUT2D eigenvalue weighted by Gasteiger charge is 2.03. The number of pyridine rings is 1. The molecule has 18 heavy (non-hydrogen) atoms. The first-order valence-corrected chi connectivity index (χ1v) is 6.52.